The zero-order valence-electron chi connectivity index (χ0n) is 11.0. The summed E-state index contributed by atoms with van der Waals surface area (Å²) in [5.41, 5.74) is 1.32. The maximum absolute atomic E-state index is 12.2. The number of carbonyl (C=O) groups is 1. The summed E-state index contributed by atoms with van der Waals surface area (Å²) >= 11 is 5.88. The lowest BCUT2D eigenvalue weighted by atomic mass is 10.2. The summed E-state index contributed by atoms with van der Waals surface area (Å²) in [5, 5.41) is 0.386. The summed E-state index contributed by atoms with van der Waals surface area (Å²) in [7, 11) is 0. The van der Waals surface area contributed by atoms with E-state index >= 15 is 0 Å². The molecule has 0 saturated heterocycles. The Morgan fingerprint density at radius 2 is 2.22 bits per heavy atom. The molecule has 2 heterocycles. The Labute approximate surface area is 112 Å². The minimum atomic E-state index is -0.504. The van der Waals surface area contributed by atoms with Crippen LogP contribution in [0.5, 0.6) is 0 Å². The van der Waals surface area contributed by atoms with E-state index in [-0.39, 0.29) is 12.1 Å². The summed E-state index contributed by atoms with van der Waals surface area (Å²) in [5.74, 6) is 0. The highest BCUT2D eigenvalue weighted by Gasteiger charge is 2.34. The van der Waals surface area contributed by atoms with Crippen LogP contribution < -0.4 is 4.90 Å². The van der Waals surface area contributed by atoms with E-state index in [1.807, 2.05) is 27.7 Å². The van der Waals surface area contributed by atoms with Crippen molar-refractivity contribution in [2.75, 3.05) is 4.90 Å². The molecule has 1 aromatic heterocycles. The first-order valence-electron chi connectivity index (χ1n) is 5.94. The molecule has 0 N–H and O–H groups in total. The average Bonchev–Trinajstić information content (AvgIpc) is 2.50. The molecular formula is C13H17ClN2O2. The second kappa shape index (κ2) is 4.43. The first kappa shape index (κ1) is 13.1. The van der Waals surface area contributed by atoms with Gasteiger partial charge in [-0.3, -0.25) is 4.90 Å². The molecule has 0 radical (unpaired) electrons. The topological polar surface area (TPSA) is 42.4 Å². The number of anilines is 1. The van der Waals surface area contributed by atoms with Gasteiger partial charge >= 0.3 is 6.09 Å². The van der Waals surface area contributed by atoms with E-state index in [2.05, 4.69) is 4.98 Å². The van der Waals surface area contributed by atoms with Crippen LogP contribution in [0, 0.1) is 0 Å². The van der Waals surface area contributed by atoms with Crippen molar-refractivity contribution in [3.05, 3.63) is 23.0 Å². The fraction of sp³-hybridized carbons (Fsp3) is 0.538. The normalized spacial score (nSPS) is 18.7. The third-order valence-corrected chi connectivity index (χ3v) is 2.94. The van der Waals surface area contributed by atoms with Crippen LogP contribution in [-0.2, 0) is 11.2 Å². The van der Waals surface area contributed by atoms with E-state index in [9.17, 15) is 4.79 Å². The van der Waals surface area contributed by atoms with E-state index in [0.29, 0.717) is 5.15 Å². The van der Waals surface area contributed by atoms with Crippen LogP contribution in [0.3, 0.4) is 0 Å². The first-order valence-corrected chi connectivity index (χ1v) is 6.32. The largest absolute Gasteiger partial charge is 0.443 e. The fourth-order valence-corrected chi connectivity index (χ4v) is 2.22. The van der Waals surface area contributed by atoms with Crippen molar-refractivity contribution in [2.45, 2.75) is 45.8 Å². The van der Waals surface area contributed by atoms with Crippen LogP contribution in [0.25, 0.3) is 0 Å². The van der Waals surface area contributed by atoms with Crippen molar-refractivity contribution in [1.82, 2.24) is 4.98 Å². The van der Waals surface area contributed by atoms with Gasteiger partial charge in [-0.15, -0.1) is 0 Å². The minimum absolute atomic E-state index is 0.0649. The number of amides is 1. The van der Waals surface area contributed by atoms with E-state index < -0.39 is 5.60 Å². The van der Waals surface area contributed by atoms with Crippen LogP contribution >= 0.6 is 11.6 Å². The maximum Gasteiger partial charge on any atom is 0.415 e. The minimum Gasteiger partial charge on any atom is -0.443 e. The molecule has 1 unspecified atom stereocenters. The highest BCUT2D eigenvalue weighted by molar-refractivity contribution is 6.29. The lowest BCUT2D eigenvalue weighted by Crippen LogP contribution is -2.40. The Bertz CT molecular complexity index is 482. The monoisotopic (exact) mass is 268 g/mol. The van der Waals surface area contributed by atoms with Crippen molar-refractivity contribution in [2.24, 2.45) is 0 Å². The van der Waals surface area contributed by atoms with E-state index in [1.54, 1.807) is 17.2 Å². The van der Waals surface area contributed by atoms with Crippen molar-refractivity contribution >= 4 is 23.4 Å². The molecule has 1 aliphatic rings. The summed E-state index contributed by atoms with van der Waals surface area (Å²) in [6.07, 6.45) is 2.16. The molecule has 1 aliphatic heterocycles. The van der Waals surface area contributed by atoms with E-state index in [1.165, 1.54) is 0 Å². The number of carbonyl (C=O) groups excluding carboxylic acids is 1. The summed E-state index contributed by atoms with van der Waals surface area (Å²) < 4.78 is 5.41. The van der Waals surface area contributed by atoms with Gasteiger partial charge in [-0.1, -0.05) is 11.6 Å². The zero-order valence-corrected chi connectivity index (χ0v) is 11.8. The molecule has 2 rings (SSSR count). The van der Waals surface area contributed by atoms with Gasteiger partial charge in [0.2, 0.25) is 0 Å². The second-order valence-corrected chi connectivity index (χ2v) is 5.93. The lowest BCUT2D eigenvalue weighted by Gasteiger charge is -2.27. The van der Waals surface area contributed by atoms with Crippen LogP contribution in [0.15, 0.2) is 12.3 Å². The number of nitrogens with zero attached hydrogens (tertiary/aromatic N) is 2. The molecule has 98 valence electrons. The van der Waals surface area contributed by atoms with Crippen molar-refractivity contribution in [3.63, 3.8) is 0 Å². The molecule has 0 spiro atoms. The van der Waals surface area contributed by atoms with Gasteiger partial charge in [0.05, 0.1) is 5.69 Å². The number of pyridine rings is 1. The van der Waals surface area contributed by atoms with Crippen LogP contribution in [0.4, 0.5) is 10.5 Å². The van der Waals surface area contributed by atoms with Gasteiger partial charge in [0.25, 0.3) is 0 Å². The molecule has 0 aromatic carbocycles. The predicted octanol–water partition coefficient (Wildman–Crippen LogP) is 3.42. The Hall–Kier alpha value is -1.29. The standard InChI is InChI=1S/C13H17ClN2O2/c1-8-5-9-7-15-11(14)6-10(9)16(8)12(17)18-13(2,3)4/h6-8H,5H2,1-4H3. The average molecular weight is 269 g/mol. The molecule has 18 heavy (non-hydrogen) atoms. The molecule has 5 heteroatoms. The van der Waals surface area contributed by atoms with Gasteiger partial charge in [-0.2, -0.15) is 0 Å². The van der Waals surface area contributed by atoms with Gasteiger partial charge in [0, 0.05) is 12.2 Å². The molecule has 0 aliphatic carbocycles. The smallest absolute Gasteiger partial charge is 0.415 e. The van der Waals surface area contributed by atoms with E-state index in [0.717, 1.165) is 17.7 Å². The molecular weight excluding hydrogens is 252 g/mol. The number of ether oxygens (including phenoxy) is 1. The van der Waals surface area contributed by atoms with Crippen LogP contribution in [0.2, 0.25) is 5.15 Å². The van der Waals surface area contributed by atoms with E-state index in [4.69, 9.17) is 16.3 Å². The Balaban J connectivity index is 2.30. The second-order valence-electron chi connectivity index (χ2n) is 5.54. The predicted molar refractivity (Wildman–Crippen MR) is 71.1 cm³/mol. The van der Waals surface area contributed by atoms with Gasteiger partial charge in [-0.25, -0.2) is 9.78 Å². The van der Waals surface area contributed by atoms with Gasteiger partial charge in [0.1, 0.15) is 10.8 Å². The summed E-state index contributed by atoms with van der Waals surface area (Å²) in [4.78, 5) is 17.9. The van der Waals surface area contributed by atoms with Gasteiger partial charge < -0.3 is 4.74 Å². The van der Waals surface area contributed by atoms with Gasteiger partial charge in [0.15, 0.2) is 0 Å². The number of hydrogen-bond donors (Lipinski definition) is 0. The Kier molecular flexibility index (Phi) is 3.23. The number of halogens is 1. The maximum atomic E-state index is 12.2. The van der Waals surface area contributed by atoms with Crippen molar-refractivity contribution in [3.8, 4) is 0 Å². The molecule has 4 nitrogen and oxygen atoms in total. The number of fused-ring (bicyclic) bond motifs is 1. The summed E-state index contributed by atoms with van der Waals surface area (Å²) in [6.45, 7) is 7.54. The van der Waals surface area contributed by atoms with Gasteiger partial charge in [-0.05, 0) is 45.7 Å². The van der Waals surface area contributed by atoms with Crippen LogP contribution in [0.1, 0.15) is 33.3 Å². The Morgan fingerprint density at radius 3 is 2.83 bits per heavy atom. The number of rotatable bonds is 0. The number of hydrogen-bond acceptors (Lipinski definition) is 3. The quantitative estimate of drug-likeness (QED) is 0.677. The lowest BCUT2D eigenvalue weighted by molar-refractivity contribution is 0.0572. The Morgan fingerprint density at radius 1 is 1.56 bits per heavy atom. The summed E-state index contributed by atoms with van der Waals surface area (Å²) in [6, 6.07) is 1.78. The fourth-order valence-electron chi connectivity index (χ4n) is 2.07. The molecule has 0 fully saturated rings. The first-order chi connectivity index (χ1) is 8.28. The van der Waals surface area contributed by atoms with Crippen molar-refractivity contribution < 1.29 is 9.53 Å². The zero-order chi connectivity index (χ0) is 13.5. The molecule has 1 aromatic rings. The highest BCUT2D eigenvalue weighted by Crippen LogP contribution is 2.34. The third-order valence-electron chi connectivity index (χ3n) is 2.73. The third kappa shape index (κ3) is 2.58. The molecule has 0 saturated carbocycles. The molecule has 0 bridgehead atoms. The molecule has 1 amide bonds. The molecule has 1 atom stereocenters. The van der Waals surface area contributed by atoms with Crippen LogP contribution in [-0.4, -0.2) is 22.7 Å². The highest BCUT2D eigenvalue weighted by atomic mass is 35.5. The number of aromatic nitrogens is 1. The van der Waals surface area contributed by atoms with Crippen molar-refractivity contribution in [1.29, 1.82) is 0 Å². The SMILES string of the molecule is CC1Cc2cnc(Cl)cc2N1C(=O)OC(C)(C)C.